The number of hydrogen-bond donors (Lipinski definition) is 1. The molecule has 0 saturated heterocycles. The molecule has 3 nitrogen and oxygen atoms in total. The molecule has 0 amide bonds. The fourth-order valence-corrected chi connectivity index (χ4v) is 2.40. The van der Waals surface area contributed by atoms with Crippen LogP contribution in [0.5, 0.6) is 0 Å². The second-order valence-electron chi connectivity index (χ2n) is 3.74. The van der Waals surface area contributed by atoms with Crippen LogP contribution in [0.1, 0.15) is 17.8 Å². The van der Waals surface area contributed by atoms with Crippen LogP contribution >= 0.6 is 11.3 Å². The summed E-state index contributed by atoms with van der Waals surface area (Å²) in [4.78, 5) is 4.16. The minimum absolute atomic E-state index is 0.00102. The van der Waals surface area contributed by atoms with Crippen LogP contribution in [0.15, 0.2) is 11.6 Å². The first kappa shape index (κ1) is 10.1. The zero-order valence-electron chi connectivity index (χ0n) is 8.22. The zero-order chi connectivity index (χ0) is 9.97. The largest absolute Gasteiger partial charge is 0.390 e. The van der Waals surface area contributed by atoms with Crippen LogP contribution in [0.25, 0.3) is 0 Å². The molecular formula is C10H15NO2S. The number of rotatable bonds is 5. The number of ether oxygens (including phenoxy) is 1. The first-order chi connectivity index (χ1) is 6.81. The van der Waals surface area contributed by atoms with Crippen molar-refractivity contribution in [1.29, 1.82) is 0 Å². The molecule has 0 spiro atoms. The third-order valence-electron chi connectivity index (χ3n) is 2.61. The van der Waals surface area contributed by atoms with Crippen LogP contribution in [0.3, 0.4) is 0 Å². The van der Waals surface area contributed by atoms with E-state index in [-0.39, 0.29) is 6.10 Å². The Balaban J connectivity index is 1.90. The van der Waals surface area contributed by atoms with Crippen LogP contribution in [0, 0.1) is 5.92 Å². The lowest BCUT2D eigenvalue weighted by Crippen LogP contribution is -2.31. The van der Waals surface area contributed by atoms with Crippen molar-refractivity contribution in [3.05, 3.63) is 16.6 Å². The summed E-state index contributed by atoms with van der Waals surface area (Å²) in [6.45, 7) is 0. The number of thiazole rings is 1. The van der Waals surface area contributed by atoms with E-state index in [2.05, 4.69) is 4.98 Å². The van der Waals surface area contributed by atoms with E-state index in [1.165, 1.54) is 12.8 Å². The normalized spacial score (nSPS) is 20.7. The van der Waals surface area contributed by atoms with Gasteiger partial charge in [-0.25, -0.2) is 4.98 Å². The molecule has 1 saturated carbocycles. The molecule has 1 aliphatic carbocycles. The molecule has 2 rings (SSSR count). The molecule has 1 heterocycles. The van der Waals surface area contributed by atoms with Crippen LogP contribution in [0.2, 0.25) is 0 Å². The fourth-order valence-electron chi connectivity index (χ4n) is 1.74. The van der Waals surface area contributed by atoms with Crippen molar-refractivity contribution in [2.75, 3.05) is 7.11 Å². The lowest BCUT2D eigenvalue weighted by molar-refractivity contribution is -0.0238. The Morgan fingerprint density at radius 1 is 1.71 bits per heavy atom. The molecule has 1 aromatic heterocycles. The number of methoxy groups -OCH3 is 1. The van der Waals surface area contributed by atoms with Gasteiger partial charge in [-0.3, -0.25) is 0 Å². The van der Waals surface area contributed by atoms with Crippen molar-refractivity contribution < 1.29 is 9.84 Å². The van der Waals surface area contributed by atoms with Crippen LogP contribution < -0.4 is 0 Å². The Hall–Kier alpha value is -0.450. The minimum Gasteiger partial charge on any atom is -0.390 e. The van der Waals surface area contributed by atoms with Gasteiger partial charge >= 0.3 is 0 Å². The Bertz CT molecular complexity index is 272. The predicted octanol–water partition coefficient (Wildman–Crippen LogP) is 1.47. The summed E-state index contributed by atoms with van der Waals surface area (Å²) in [5.74, 6) is 0.565. The lowest BCUT2D eigenvalue weighted by atomic mass is 10.1. The molecule has 1 aliphatic rings. The van der Waals surface area contributed by atoms with Gasteiger partial charge in [0.1, 0.15) is 0 Å². The molecule has 0 radical (unpaired) electrons. The van der Waals surface area contributed by atoms with Crippen LogP contribution in [-0.4, -0.2) is 29.4 Å². The van der Waals surface area contributed by atoms with Gasteiger partial charge in [0.25, 0.3) is 0 Å². The van der Waals surface area contributed by atoms with Gasteiger partial charge in [-0.05, 0) is 18.8 Å². The van der Waals surface area contributed by atoms with E-state index in [0.717, 1.165) is 5.01 Å². The van der Waals surface area contributed by atoms with E-state index in [1.54, 1.807) is 24.6 Å². The molecule has 2 atom stereocenters. The van der Waals surface area contributed by atoms with Crippen LogP contribution in [-0.2, 0) is 11.2 Å². The maximum atomic E-state index is 9.93. The molecule has 14 heavy (non-hydrogen) atoms. The monoisotopic (exact) mass is 213 g/mol. The van der Waals surface area contributed by atoms with Gasteiger partial charge in [0.05, 0.1) is 17.2 Å². The van der Waals surface area contributed by atoms with Crippen molar-refractivity contribution in [2.24, 2.45) is 5.92 Å². The Morgan fingerprint density at radius 2 is 2.50 bits per heavy atom. The highest BCUT2D eigenvalue weighted by molar-refractivity contribution is 7.09. The first-order valence-electron chi connectivity index (χ1n) is 4.90. The summed E-state index contributed by atoms with van der Waals surface area (Å²) in [6.07, 6.45) is 4.36. The molecule has 78 valence electrons. The first-order valence-corrected chi connectivity index (χ1v) is 5.78. The molecule has 4 heteroatoms. The average molecular weight is 213 g/mol. The second-order valence-corrected chi connectivity index (χ2v) is 4.71. The van der Waals surface area contributed by atoms with Gasteiger partial charge in [0.15, 0.2) is 0 Å². The summed E-state index contributed by atoms with van der Waals surface area (Å²) in [6, 6.07) is 0. The number of aliphatic hydroxyl groups excluding tert-OH is 1. The summed E-state index contributed by atoms with van der Waals surface area (Å²) < 4.78 is 5.31. The van der Waals surface area contributed by atoms with Gasteiger partial charge < -0.3 is 9.84 Å². The molecule has 1 N–H and O–H groups in total. The minimum atomic E-state index is -0.404. The number of aliphatic hydroxyl groups is 1. The molecule has 0 aromatic carbocycles. The zero-order valence-corrected chi connectivity index (χ0v) is 9.04. The van der Waals surface area contributed by atoms with Crippen molar-refractivity contribution in [1.82, 2.24) is 4.98 Å². The topological polar surface area (TPSA) is 42.4 Å². The highest BCUT2D eigenvalue weighted by atomic mass is 32.1. The number of aromatic nitrogens is 1. The van der Waals surface area contributed by atoms with E-state index in [1.807, 2.05) is 5.38 Å². The van der Waals surface area contributed by atoms with E-state index in [0.29, 0.717) is 12.3 Å². The van der Waals surface area contributed by atoms with Crippen molar-refractivity contribution in [2.45, 2.75) is 31.5 Å². The lowest BCUT2D eigenvalue weighted by Gasteiger charge is -2.20. The third kappa shape index (κ3) is 2.32. The molecule has 1 fully saturated rings. The smallest absolute Gasteiger partial charge is 0.0951 e. The highest BCUT2D eigenvalue weighted by Crippen LogP contribution is 2.36. The van der Waals surface area contributed by atoms with E-state index in [4.69, 9.17) is 4.74 Å². The van der Waals surface area contributed by atoms with Gasteiger partial charge in [-0.1, -0.05) is 0 Å². The van der Waals surface area contributed by atoms with Crippen molar-refractivity contribution in [3.8, 4) is 0 Å². The van der Waals surface area contributed by atoms with Crippen molar-refractivity contribution >= 4 is 11.3 Å². The van der Waals surface area contributed by atoms with Gasteiger partial charge in [0.2, 0.25) is 0 Å². The molecular weight excluding hydrogens is 198 g/mol. The second kappa shape index (κ2) is 4.38. The summed E-state index contributed by atoms with van der Waals surface area (Å²) in [5, 5.41) is 12.9. The quantitative estimate of drug-likeness (QED) is 0.805. The summed E-state index contributed by atoms with van der Waals surface area (Å²) in [5.41, 5.74) is 0. The van der Waals surface area contributed by atoms with Gasteiger partial charge in [0, 0.05) is 25.1 Å². The number of nitrogens with zero attached hydrogens (tertiary/aromatic N) is 1. The molecule has 0 aliphatic heterocycles. The fraction of sp³-hybridized carbons (Fsp3) is 0.700. The third-order valence-corrected chi connectivity index (χ3v) is 3.41. The van der Waals surface area contributed by atoms with Crippen molar-refractivity contribution in [3.63, 3.8) is 0 Å². The summed E-state index contributed by atoms with van der Waals surface area (Å²) >= 11 is 1.58. The highest BCUT2D eigenvalue weighted by Gasteiger charge is 2.36. The molecule has 1 aromatic rings. The van der Waals surface area contributed by atoms with Crippen LogP contribution in [0.4, 0.5) is 0 Å². The maximum Gasteiger partial charge on any atom is 0.0951 e. The molecule has 0 bridgehead atoms. The summed E-state index contributed by atoms with van der Waals surface area (Å²) in [7, 11) is 1.67. The Kier molecular flexibility index (Phi) is 3.15. The average Bonchev–Trinajstić information content (AvgIpc) is 2.86. The number of hydrogen-bond acceptors (Lipinski definition) is 4. The molecule has 2 unspecified atom stereocenters. The standard InChI is InChI=1S/C10H15NO2S/c1-13-10(7-2-3-7)8(12)6-9-11-4-5-14-9/h4-5,7-8,10,12H,2-3,6H2,1H3. The maximum absolute atomic E-state index is 9.93. The van der Waals surface area contributed by atoms with Gasteiger partial charge in [-0.15, -0.1) is 11.3 Å². The van der Waals surface area contributed by atoms with Gasteiger partial charge in [-0.2, -0.15) is 0 Å². The Labute approximate surface area is 87.7 Å². The van der Waals surface area contributed by atoms with E-state index in [9.17, 15) is 5.11 Å². The van der Waals surface area contributed by atoms with E-state index >= 15 is 0 Å². The Morgan fingerprint density at radius 3 is 3.00 bits per heavy atom. The van der Waals surface area contributed by atoms with E-state index < -0.39 is 6.10 Å². The predicted molar refractivity (Wildman–Crippen MR) is 55.3 cm³/mol. The SMILES string of the molecule is COC(C(O)Cc1nccs1)C1CC1.